The van der Waals surface area contributed by atoms with E-state index in [-0.39, 0.29) is 22.4 Å². The van der Waals surface area contributed by atoms with Gasteiger partial charge in [-0.3, -0.25) is 0 Å². The van der Waals surface area contributed by atoms with Crippen molar-refractivity contribution >= 4 is 48.9 Å². The van der Waals surface area contributed by atoms with E-state index in [9.17, 15) is 0 Å². The second kappa shape index (κ2) is 15.6. The molecular weight excluding hydrogens is 806 g/mol. The summed E-state index contributed by atoms with van der Waals surface area (Å²) in [5.41, 5.74) is 12.4. The second-order valence-electron chi connectivity index (χ2n) is 15.6. The SMILES string of the molecule is CCC1(CC)OC(CC)(CC)c2cc(-c3ccc(-c4ccc5c(c4)C(CC)(CC)OC5(CC)CC)c(N(c4ccc(Br)cc4)c4ccc(Br)cc4)c3)ccc21. The van der Waals surface area contributed by atoms with Crippen LogP contribution in [-0.2, 0) is 31.9 Å². The molecular formula is C50H57Br2NO2. The van der Waals surface area contributed by atoms with Crippen molar-refractivity contribution in [3.8, 4) is 22.3 Å². The van der Waals surface area contributed by atoms with E-state index in [1.54, 1.807) is 0 Å². The molecule has 0 saturated carbocycles. The Labute approximate surface area is 347 Å². The van der Waals surface area contributed by atoms with Crippen molar-refractivity contribution in [2.24, 2.45) is 0 Å². The number of anilines is 3. The quantitative estimate of drug-likeness (QED) is 0.118. The van der Waals surface area contributed by atoms with Crippen LogP contribution in [0.4, 0.5) is 17.1 Å². The molecule has 0 spiro atoms. The van der Waals surface area contributed by atoms with Gasteiger partial charge in [0.15, 0.2) is 0 Å². The number of ether oxygens (including phenoxy) is 2. The van der Waals surface area contributed by atoms with Gasteiger partial charge in [-0.15, -0.1) is 0 Å². The summed E-state index contributed by atoms with van der Waals surface area (Å²) >= 11 is 7.40. The first-order valence-electron chi connectivity index (χ1n) is 20.7. The van der Waals surface area contributed by atoms with E-state index < -0.39 is 0 Å². The summed E-state index contributed by atoms with van der Waals surface area (Å²) in [7, 11) is 0. The van der Waals surface area contributed by atoms with Gasteiger partial charge < -0.3 is 14.4 Å². The van der Waals surface area contributed by atoms with Gasteiger partial charge in [0, 0.05) is 25.9 Å². The molecule has 2 heterocycles. The van der Waals surface area contributed by atoms with Gasteiger partial charge in [0.25, 0.3) is 0 Å². The fourth-order valence-electron chi connectivity index (χ4n) is 9.80. The van der Waals surface area contributed by atoms with Gasteiger partial charge >= 0.3 is 0 Å². The summed E-state index contributed by atoms with van der Waals surface area (Å²) in [4.78, 5) is 2.41. The normalized spacial score (nSPS) is 17.2. The van der Waals surface area contributed by atoms with E-state index in [0.29, 0.717) is 0 Å². The molecule has 0 radical (unpaired) electrons. The van der Waals surface area contributed by atoms with Gasteiger partial charge in [-0.1, -0.05) is 124 Å². The third kappa shape index (κ3) is 6.55. The Kier molecular flexibility index (Phi) is 11.4. The maximum absolute atomic E-state index is 7.18. The van der Waals surface area contributed by atoms with Gasteiger partial charge in [0.05, 0.1) is 28.1 Å². The lowest BCUT2D eigenvalue weighted by Gasteiger charge is -2.34. The molecule has 0 unspecified atom stereocenters. The van der Waals surface area contributed by atoms with Crippen LogP contribution in [0.15, 0.2) is 112 Å². The molecule has 0 fully saturated rings. The van der Waals surface area contributed by atoms with Crippen molar-refractivity contribution in [3.05, 3.63) is 134 Å². The van der Waals surface area contributed by atoms with Crippen LogP contribution < -0.4 is 4.90 Å². The molecule has 5 aromatic rings. The fraction of sp³-hybridized carbons (Fsp3) is 0.400. The number of hydrogen-bond acceptors (Lipinski definition) is 3. The number of fused-ring (bicyclic) bond motifs is 2. The largest absolute Gasteiger partial charge is 0.359 e. The summed E-state index contributed by atoms with van der Waals surface area (Å²) in [5.74, 6) is 0. The minimum atomic E-state index is -0.307. The third-order valence-corrected chi connectivity index (χ3v) is 14.5. The topological polar surface area (TPSA) is 21.7 Å². The van der Waals surface area contributed by atoms with Crippen LogP contribution in [0.25, 0.3) is 22.3 Å². The molecule has 5 heteroatoms. The van der Waals surface area contributed by atoms with Crippen molar-refractivity contribution in [1.82, 2.24) is 0 Å². The fourth-order valence-corrected chi connectivity index (χ4v) is 10.3. The zero-order valence-electron chi connectivity index (χ0n) is 34.0. The maximum atomic E-state index is 7.18. The summed E-state index contributed by atoms with van der Waals surface area (Å²) in [6.45, 7) is 18.2. The van der Waals surface area contributed by atoms with Crippen molar-refractivity contribution < 1.29 is 9.47 Å². The highest BCUT2D eigenvalue weighted by molar-refractivity contribution is 9.10. The molecule has 7 rings (SSSR count). The van der Waals surface area contributed by atoms with E-state index in [1.807, 2.05) is 0 Å². The van der Waals surface area contributed by atoms with E-state index in [1.165, 1.54) is 44.5 Å². The predicted molar refractivity (Wildman–Crippen MR) is 239 cm³/mol. The molecule has 2 aliphatic heterocycles. The number of nitrogens with zero attached hydrogens (tertiary/aromatic N) is 1. The third-order valence-electron chi connectivity index (χ3n) is 13.4. The van der Waals surface area contributed by atoms with E-state index >= 15 is 0 Å². The zero-order valence-corrected chi connectivity index (χ0v) is 37.2. The smallest absolute Gasteiger partial charge is 0.0942 e. The zero-order chi connectivity index (χ0) is 39.2. The molecule has 0 N–H and O–H groups in total. The maximum Gasteiger partial charge on any atom is 0.0942 e. The van der Waals surface area contributed by atoms with Crippen molar-refractivity contribution in [1.29, 1.82) is 0 Å². The van der Waals surface area contributed by atoms with Crippen LogP contribution in [0.1, 0.15) is 129 Å². The van der Waals surface area contributed by atoms with E-state index in [2.05, 4.69) is 195 Å². The first kappa shape index (κ1) is 40.0. The first-order valence-corrected chi connectivity index (χ1v) is 22.3. The van der Waals surface area contributed by atoms with E-state index in [0.717, 1.165) is 77.4 Å². The molecule has 0 amide bonds. The van der Waals surface area contributed by atoms with Crippen LogP contribution in [0.2, 0.25) is 0 Å². The summed E-state index contributed by atoms with van der Waals surface area (Å²) in [6.07, 6.45) is 7.62. The molecule has 2 aliphatic rings. The Hall–Kier alpha value is -3.22. The van der Waals surface area contributed by atoms with Crippen LogP contribution in [0.3, 0.4) is 0 Å². The average Bonchev–Trinajstić information content (AvgIpc) is 3.69. The Morgan fingerprint density at radius 2 is 0.745 bits per heavy atom. The molecule has 288 valence electrons. The van der Waals surface area contributed by atoms with Crippen LogP contribution >= 0.6 is 31.9 Å². The summed E-state index contributed by atoms with van der Waals surface area (Å²) in [6, 6.07) is 38.7. The van der Waals surface area contributed by atoms with Crippen molar-refractivity contribution in [2.45, 2.75) is 129 Å². The second-order valence-corrected chi connectivity index (χ2v) is 17.4. The van der Waals surface area contributed by atoms with Crippen LogP contribution in [-0.4, -0.2) is 0 Å². The molecule has 5 aromatic carbocycles. The highest BCUT2D eigenvalue weighted by atomic mass is 79.9. The molecule has 0 bridgehead atoms. The summed E-state index contributed by atoms with van der Waals surface area (Å²) in [5, 5.41) is 0. The lowest BCUT2D eigenvalue weighted by molar-refractivity contribution is -0.151. The number of rotatable bonds is 13. The molecule has 3 nitrogen and oxygen atoms in total. The minimum absolute atomic E-state index is 0.245. The van der Waals surface area contributed by atoms with Gasteiger partial charge in [0.1, 0.15) is 0 Å². The highest BCUT2D eigenvalue weighted by Crippen LogP contribution is 2.57. The Morgan fingerprint density at radius 3 is 1.16 bits per heavy atom. The monoisotopic (exact) mass is 861 g/mol. The highest BCUT2D eigenvalue weighted by Gasteiger charge is 2.51. The molecule has 0 aliphatic carbocycles. The molecule has 0 aromatic heterocycles. The Bertz CT molecular complexity index is 2090. The predicted octanol–water partition coefficient (Wildman–Crippen LogP) is 16.1. The van der Waals surface area contributed by atoms with Crippen molar-refractivity contribution in [3.63, 3.8) is 0 Å². The van der Waals surface area contributed by atoms with E-state index in [4.69, 9.17) is 9.47 Å². The lowest BCUT2D eigenvalue weighted by atomic mass is 9.80. The van der Waals surface area contributed by atoms with Crippen LogP contribution in [0, 0.1) is 0 Å². The molecule has 0 saturated heterocycles. The minimum Gasteiger partial charge on any atom is -0.359 e. The summed E-state index contributed by atoms with van der Waals surface area (Å²) < 4.78 is 16.4. The lowest BCUT2D eigenvalue weighted by Crippen LogP contribution is -2.31. The van der Waals surface area contributed by atoms with Gasteiger partial charge in [-0.25, -0.2) is 0 Å². The number of halogens is 2. The molecule has 0 atom stereocenters. The molecule has 55 heavy (non-hydrogen) atoms. The van der Waals surface area contributed by atoms with Gasteiger partial charge in [0.2, 0.25) is 0 Å². The van der Waals surface area contributed by atoms with Gasteiger partial charge in [-0.2, -0.15) is 0 Å². The first-order chi connectivity index (χ1) is 26.5. The number of hydrogen-bond donors (Lipinski definition) is 0. The Morgan fingerprint density at radius 1 is 0.400 bits per heavy atom. The average molecular weight is 864 g/mol. The van der Waals surface area contributed by atoms with Crippen LogP contribution in [0.5, 0.6) is 0 Å². The number of benzene rings is 5. The Balaban J connectivity index is 1.49. The van der Waals surface area contributed by atoms with Gasteiger partial charge in [-0.05, 0) is 157 Å². The van der Waals surface area contributed by atoms with Crippen molar-refractivity contribution in [2.75, 3.05) is 4.90 Å². The standard InChI is InChI=1S/C50H57Br2NO2/c1-9-47(10-2)42-29-18-34(31-44(42)49(13-5,14-6)54-47)35-17-28-41(36-19-30-43-45(32-36)50(15-7,16-8)55-48(43,11-3)12-4)46(33-35)53(39-24-20-37(51)21-25-39)40-26-22-38(52)23-27-40/h17-33H,9-16H2,1-8H3.